The van der Waals surface area contributed by atoms with Crippen molar-refractivity contribution >= 4 is 23.3 Å². The molecule has 2 saturated carbocycles. The van der Waals surface area contributed by atoms with E-state index < -0.39 is 0 Å². The molecule has 3 atom stereocenters. The molecule has 3 unspecified atom stereocenters. The average molecular weight is 352 g/mol. The Hall–Kier alpha value is -1.88. The van der Waals surface area contributed by atoms with Crippen LogP contribution in [0.1, 0.15) is 31.7 Å². The van der Waals surface area contributed by atoms with Crippen molar-refractivity contribution in [2.75, 3.05) is 6.54 Å². The second kappa shape index (κ2) is 6.20. The molecule has 2 aliphatic carbocycles. The molecule has 0 radical (unpaired) electrons. The number of carbonyl (C=O) groups is 2. The molecular formula is C18H19ClFNO3. The van der Waals surface area contributed by atoms with Gasteiger partial charge in [0.1, 0.15) is 11.6 Å². The van der Waals surface area contributed by atoms with Crippen LogP contribution in [-0.4, -0.2) is 23.3 Å². The van der Waals surface area contributed by atoms with Gasteiger partial charge in [0.05, 0.1) is 0 Å². The number of aliphatic hydroxyl groups excluding tert-OH is 1. The Morgan fingerprint density at radius 2 is 2.21 bits per heavy atom. The first-order valence-corrected chi connectivity index (χ1v) is 8.36. The maximum absolute atomic E-state index is 13.9. The first-order chi connectivity index (χ1) is 11.3. The molecule has 4 nitrogen and oxygen atoms in total. The van der Waals surface area contributed by atoms with Crippen molar-refractivity contribution in [2.24, 2.45) is 11.8 Å². The summed E-state index contributed by atoms with van der Waals surface area (Å²) in [4.78, 5) is 21.6. The Bertz CT molecular complexity index is 733. The first-order valence-electron chi connectivity index (χ1n) is 7.98. The number of amides is 1. The number of carbonyl (C=O) groups excluding carboxylic acids is 2. The van der Waals surface area contributed by atoms with Crippen LogP contribution in [-0.2, 0) is 15.0 Å². The lowest BCUT2D eigenvalue weighted by molar-refractivity contribution is -0.121. The van der Waals surface area contributed by atoms with Crippen molar-refractivity contribution in [1.29, 1.82) is 0 Å². The third-order valence-corrected chi connectivity index (χ3v) is 5.54. The van der Waals surface area contributed by atoms with Crippen LogP contribution in [0.15, 0.2) is 30.0 Å². The molecule has 1 amide bonds. The molecule has 2 fully saturated rings. The van der Waals surface area contributed by atoms with Gasteiger partial charge in [-0.3, -0.25) is 9.59 Å². The number of rotatable bonds is 2. The summed E-state index contributed by atoms with van der Waals surface area (Å²) in [5.74, 6) is -0.00583. The van der Waals surface area contributed by atoms with Gasteiger partial charge < -0.3 is 10.4 Å². The number of halogens is 2. The van der Waals surface area contributed by atoms with E-state index in [-0.39, 0.29) is 34.6 Å². The molecule has 0 spiro atoms. The van der Waals surface area contributed by atoms with Crippen molar-refractivity contribution in [3.63, 3.8) is 0 Å². The van der Waals surface area contributed by atoms with Crippen LogP contribution >= 0.6 is 11.6 Å². The summed E-state index contributed by atoms with van der Waals surface area (Å²) in [6.45, 7) is 2.11. The maximum atomic E-state index is 13.9. The van der Waals surface area contributed by atoms with Gasteiger partial charge in [-0.25, -0.2) is 4.39 Å². The third-order valence-electron chi connectivity index (χ3n) is 5.30. The summed E-state index contributed by atoms with van der Waals surface area (Å²) in [6, 6.07) is 4.91. The molecule has 0 saturated heterocycles. The summed E-state index contributed by atoms with van der Waals surface area (Å²) in [6.07, 6.45) is 4.22. The van der Waals surface area contributed by atoms with Crippen LogP contribution in [0, 0.1) is 17.7 Å². The molecule has 1 aliphatic heterocycles. The number of fused-ring (bicyclic) bond motifs is 1. The van der Waals surface area contributed by atoms with E-state index in [1.165, 1.54) is 12.1 Å². The van der Waals surface area contributed by atoms with E-state index >= 15 is 0 Å². The summed E-state index contributed by atoms with van der Waals surface area (Å²) >= 11 is 5.77. The van der Waals surface area contributed by atoms with Crippen LogP contribution in [0.3, 0.4) is 0 Å². The minimum absolute atomic E-state index is 0.0645. The number of hydrogen-bond acceptors (Lipinski definition) is 3. The highest BCUT2D eigenvalue weighted by Gasteiger charge is 2.64. The molecule has 0 bridgehead atoms. The summed E-state index contributed by atoms with van der Waals surface area (Å²) in [7, 11) is 0. The molecule has 3 aliphatic rings. The van der Waals surface area contributed by atoms with E-state index in [0.717, 1.165) is 24.8 Å². The molecule has 6 heteroatoms. The zero-order valence-corrected chi connectivity index (χ0v) is 14.1. The Labute approximate surface area is 144 Å². The van der Waals surface area contributed by atoms with Gasteiger partial charge in [-0.15, -0.1) is 0 Å². The standard InChI is InChI=1S/C14H14ClFO.C4H5NO2/c1-8(17)10-4-5-14(7-12(10)14)11-3-2-9(15)6-13(11)16;6-3-1-2-5-4(3)7/h2-3,6,10,12H,4-5,7H2,1H3;1,6H,2H2,(H,5,7). The molecule has 1 heterocycles. The van der Waals surface area contributed by atoms with Crippen molar-refractivity contribution in [1.82, 2.24) is 5.32 Å². The molecule has 128 valence electrons. The minimum atomic E-state index is -0.375. The van der Waals surface area contributed by atoms with Crippen molar-refractivity contribution < 1.29 is 19.1 Å². The first kappa shape index (κ1) is 17.0. The SMILES string of the molecule is CC(=O)C1CCC2(c3ccc(Cl)cc3F)CC12.O=C1NCC=C1O. The highest BCUT2D eigenvalue weighted by atomic mass is 35.5. The number of hydrogen-bond donors (Lipinski definition) is 2. The lowest BCUT2D eigenvalue weighted by atomic mass is 9.93. The van der Waals surface area contributed by atoms with Gasteiger partial charge in [0.15, 0.2) is 5.76 Å². The predicted octanol–water partition coefficient (Wildman–Crippen LogP) is 3.29. The lowest BCUT2D eigenvalue weighted by Crippen LogP contribution is -2.16. The Morgan fingerprint density at radius 1 is 1.46 bits per heavy atom. The number of nitrogens with one attached hydrogen (secondary N) is 1. The van der Waals surface area contributed by atoms with Crippen molar-refractivity contribution in [2.45, 2.75) is 31.6 Å². The van der Waals surface area contributed by atoms with Crippen LogP contribution in [0.2, 0.25) is 5.02 Å². The van der Waals surface area contributed by atoms with Gasteiger partial charge in [-0.1, -0.05) is 17.7 Å². The number of ketones is 1. The van der Waals surface area contributed by atoms with Crippen molar-refractivity contribution in [3.05, 3.63) is 46.4 Å². The van der Waals surface area contributed by atoms with E-state index in [9.17, 15) is 14.0 Å². The van der Waals surface area contributed by atoms with E-state index in [0.29, 0.717) is 17.5 Å². The largest absolute Gasteiger partial charge is 0.503 e. The molecule has 1 aromatic carbocycles. The van der Waals surface area contributed by atoms with Crippen LogP contribution in [0.25, 0.3) is 0 Å². The fourth-order valence-electron chi connectivity index (χ4n) is 4.01. The molecule has 2 N–H and O–H groups in total. The van der Waals surface area contributed by atoms with Crippen LogP contribution < -0.4 is 5.32 Å². The fraction of sp³-hybridized carbons (Fsp3) is 0.444. The second-order valence-electron chi connectivity index (χ2n) is 6.65. The molecular weight excluding hydrogens is 333 g/mol. The van der Waals surface area contributed by atoms with Crippen LogP contribution in [0.5, 0.6) is 0 Å². The highest BCUT2D eigenvalue weighted by molar-refractivity contribution is 6.30. The van der Waals surface area contributed by atoms with Gasteiger partial charge in [-0.05, 0) is 55.9 Å². The second-order valence-corrected chi connectivity index (χ2v) is 7.08. The number of benzene rings is 1. The number of Topliss-reactive ketones (excluding diaryl/α,β-unsaturated/α-hetero) is 1. The zero-order chi connectivity index (χ0) is 17.5. The quantitative estimate of drug-likeness (QED) is 0.859. The average Bonchev–Trinajstić information content (AvgIpc) is 2.92. The summed E-state index contributed by atoms with van der Waals surface area (Å²) in [5.41, 5.74) is 0.695. The van der Waals surface area contributed by atoms with Gasteiger partial charge >= 0.3 is 0 Å². The maximum Gasteiger partial charge on any atom is 0.286 e. The van der Waals surface area contributed by atoms with E-state index in [2.05, 4.69) is 5.32 Å². The smallest absolute Gasteiger partial charge is 0.286 e. The molecule has 0 aromatic heterocycles. The fourth-order valence-corrected chi connectivity index (χ4v) is 4.17. The normalized spacial score (nSPS) is 30.0. The van der Waals surface area contributed by atoms with E-state index in [4.69, 9.17) is 16.7 Å². The highest BCUT2D eigenvalue weighted by Crippen LogP contribution is 2.67. The van der Waals surface area contributed by atoms with Gasteiger partial charge in [0.25, 0.3) is 5.91 Å². The Balaban J connectivity index is 0.000000203. The third kappa shape index (κ3) is 2.93. The summed E-state index contributed by atoms with van der Waals surface area (Å²) in [5, 5.41) is 11.3. The minimum Gasteiger partial charge on any atom is -0.503 e. The molecule has 1 aromatic rings. The van der Waals surface area contributed by atoms with E-state index in [1.54, 1.807) is 19.1 Å². The van der Waals surface area contributed by atoms with Gasteiger partial charge in [0, 0.05) is 22.9 Å². The van der Waals surface area contributed by atoms with Gasteiger partial charge in [-0.2, -0.15) is 0 Å². The van der Waals surface area contributed by atoms with Crippen LogP contribution in [0.4, 0.5) is 4.39 Å². The monoisotopic (exact) mass is 351 g/mol. The number of aliphatic hydroxyl groups is 1. The zero-order valence-electron chi connectivity index (χ0n) is 13.3. The molecule has 4 rings (SSSR count). The Kier molecular flexibility index (Phi) is 4.38. The Morgan fingerprint density at radius 3 is 2.62 bits per heavy atom. The molecule has 24 heavy (non-hydrogen) atoms. The predicted molar refractivity (Wildman–Crippen MR) is 88.3 cm³/mol. The van der Waals surface area contributed by atoms with Crippen molar-refractivity contribution in [3.8, 4) is 0 Å². The topological polar surface area (TPSA) is 66.4 Å². The summed E-state index contributed by atoms with van der Waals surface area (Å²) < 4.78 is 13.9. The van der Waals surface area contributed by atoms with E-state index in [1.807, 2.05) is 0 Å². The van der Waals surface area contributed by atoms with Gasteiger partial charge in [0.2, 0.25) is 0 Å². The lowest BCUT2D eigenvalue weighted by Gasteiger charge is -2.13.